The molecule has 2 aromatic carbocycles. The number of carbonyl (C=O) groups is 2. The fourth-order valence-electron chi connectivity index (χ4n) is 10.2. The molecule has 3 aromatic rings. The van der Waals surface area contributed by atoms with Gasteiger partial charge in [0.05, 0.1) is 39.4 Å². The van der Waals surface area contributed by atoms with Crippen molar-refractivity contribution in [3.05, 3.63) is 64.9 Å². The standard InChI is InChI=1S/C38H44N2O9/c1-46-28-5-3-4-24-13-30(48-33(24)28)37(45)40(19-38-15-20-8-21(16-38)10-22(9-20)17-38)27-14-26(36(44)39-6-7-41)31-25-11-23(18-42)12-29(47-2)34(25)49-35(31)32(27)43/h3-5,11-14,20-22,27,31-32,35,41-43H,6-10,15-19H2,1-2H3,(H,39,44)/t20?,21?,22?,27-,31+,32+,35+,38?/m1/s1. The van der Waals surface area contributed by atoms with Crippen LogP contribution in [0.3, 0.4) is 0 Å². The Kier molecular flexibility index (Phi) is 8.12. The first-order valence-corrected chi connectivity index (χ1v) is 17.4. The largest absolute Gasteiger partial charge is 0.493 e. The Balaban J connectivity index is 1.24. The molecular weight excluding hydrogens is 628 g/mol. The lowest BCUT2D eigenvalue weighted by Crippen LogP contribution is -2.59. The predicted molar refractivity (Wildman–Crippen MR) is 178 cm³/mol. The number of methoxy groups -OCH3 is 2. The van der Waals surface area contributed by atoms with E-state index in [-0.39, 0.29) is 36.8 Å². The van der Waals surface area contributed by atoms with Crippen molar-refractivity contribution < 1.29 is 43.5 Å². The van der Waals surface area contributed by atoms with E-state index in [9.17, 15) is 24.9 Å². The van der Waals surface area contributed by atoms with Crippen LogP contribution in [0.1, 0.15) is 66.1 Å². The molecule has 49 heavy (non-hydrogen) atoms. The van der Waals surface area contributed by atoms with E-state index in [1.54, 1.807) is 42.4 Å². The SMILES string of the molecule is COc1cc(CO)cc2c1O[C@@H]1[C@@H](O)[C@H](N(CC34CC5CC(CC(C5)C3)C4)C(=O)c3cc4cccc(OC)c4o3)C=C(C(=O)NCCO)[C@H]21. The molecule has 2 amide bonds. The summed E-state index contributed by atoms with van der Waals surface area (Å²) in [6.45, 7) is -0.0562. The van der Waals surface area contributed by atoms with E-state index in [0.717, 1.165) is 24.6 Å². The number of hydrogen-bond acceptors (Lipinski definition) is 9. The number of furan rings is 1. The van der Waals surface area contributed by atoms with Gasteiger partial charge in [-0.3, -0.25) is 9.59 Å². The van der Waals surface area contributed by atoms with Crippen molar-refractivity contribution in [1.29, 1.82) is 0 Å². The first kappa shape index (κ1) is 32.2. The summed E-state index contributed by atoms with van der Waals surface area (Å²) in [5.41, 5.74) is 1.87. The van der Waals surface area contributed by atoms with Gasteiger partial charge in [0.25, 0.3) is 5.91 Å². The van der Waals surface area contributed by atoms with Gasteiger partial charge < -0.3 is 44.2 Å². The van der Waals surface area contributed by atoms with Gasteiger partial charge in [0.15, 0.2) is 28.6 Å². The van der Waals surface area contributed by atoms with Crippen molar-refractivity contribution in [2.24, 2.45) is 23.2 Å². The average Bonchev–Trinajstić information content (AvgIpc) is 3.71. The summed E-state index contributed by atoms with van der Waals surface area (Å²) in [5.74, 6) is 1.81. The number of rotatable bonds is 10. The monoisotopic (exact) mass is 672 g/mol. The van der Waals surface area contributed by atoms with Crippen molar-refractivity contribution in [3.63, 3.8) is 0 Å². The van der Waals surface area contributed by atoms with Crippen molar-refractivity contribution >= 4 is 22.8 Å². The molecule has 4 atom stereocenters. The molecule has 0 unspecified atom stereocenters. The summed E-state index contributed by atoms with van der Waals surface area (Å²) in [4.78, 5) is 30.5. The first-order chi connectivity index (χ1) is 23.7. The smallest absolute Gasteiger partial charge is 0.290 e. The Bertz CT molecular complexity index is 1780. The van der Waals surface area contributed by atoms with Crippen molar-refractivity contribution in [2.75, 3.05) is 33.9 Å². The lowest BCUT2D eigenvalue weighted by Gasteiger charge is -2.58. The number of aliphatic hydroxyl groups is 3. The van der Waals surface area contributed by atoms with Crippen LogP contribution in [0, 0.1) is 23.2 Å². The van der Waals surface area contributed by atoms with E-state index in [4.69, 9.17) is 18.6 Å². The highest BCUT2D eigenvalue weighted by Gasteiger charge is 2.55. The van der Waals surface area contributed by atoms with Gasteiger partial charge >= 0.3 is 0 Å². The molecule has 0 spiro atoms. The van der Waals surface area contributed by atoms with Crippen LogP contribution in [0.25, 0.3) is 11.0 Å². The molecule has 5 aliphatic carbocycles. The van der Waals surface area contributed by atoms with Gasteiger partial charge in [0, 0.05) is 29.6 Å². The van der Waals surface area contributed by atoms with Crippen LogP contribution in [0.2, 0.25) is 0 Å². The molecule has 0 radical (unpaired) electrons. The zero-order valence-corrected chi connectivity index (χ0v) is 27.9. The summed E-state index contributed by atoms with van der Waals surface area (Å²) < 4.78 is 23.8. The second kappa shape index (κ2) is 12.4. The van der Waals surface area contributed by atoms with Crippen molar-refractivity contribution in [2.45, 2.75) is 69.3 Å². The van der Waals surface area contributed by atoms with Gasteiger partial charge in [-0.05, 0) is 97.6 Å². The zero-order valence-electron chi connectivity index (χ0n) is 27.9. The topological polar surface area (TPSA) is 151 Å². The summed E-state index contributed by atoms with van der Waals surface area (Å²) in [6.07, 6.45) is 6.38. The van der Waals surface area contributed by atoms with Crippen LogP contribution in [0.5, 0.6) is 17.2 Å². The van der Waals surface area contributed by atoms with E-state index < -0.39 is 30.1 Å². The minimum absolute atomic E-state index is 0.0330. The van der Waals surface area contributed by atoms with E-state index >= 15 is 0 Å². The number of ether oxygens (including phenoxy) is 3. The third kappa shape index (κ3) is 5.37. The number of fused-ring (bicyclic) bond motifs is 4. The molecule has 0 saturated heterocycles. The molecular formula is C38H44N2O9. The third-order valence-electron chi connectivity index (χ3n) is 11.7. The average molecular weight is 673 g/mol. The lowest BCUT2D eigenvalue weighted by molar-refractivity contribution is -0.119. The molecule has 1 aliphatic heterocycles. The number of amides is 2. The van der Waals surface area contributed by atoms with Gasteiger partial charge in [0.1, 0.15) is 12.2 Å². The van der Waals surface area contributed by atoms with Gasteiger partial charge in [-0.1, -0.05) is 12.1 Å². The molecule has 11 heteroatoms. The summed E-state index contributed by atoms with van der Waals surface area (Å²) in [5, 5.41) is 35.4. The number of aliphatic hydroxyl groups excluding tert-OH is 3. The Morgan fingerprint density at radius 3 is 2.37 bits per heavy atom. The quantitative estimate of drug-likeness (QED) is 0.251. The van der Waals surface area contributed by atoms with Gasteiger partial charge in [-0.25, -0.2) is 0 Å². The maximum atomic E-state index is 14.9. The number of nitrogens with zero attached hydrogens (tertiary/aromatic N) is 1. The van der Waals surface area contributed by atoms with E-state index in [1.165, 1.54) is 26.4 Å². The van der Waals surface area contributed by atoms with E-state index in [2.05, 4.69) is 5.32 Å². The molecule has 4 saturated carbocycles. The molecule has 4 bridgehead atoms. The Labute approximate surface area is 284 Å². The van der Waals surface area contributed by atoms with Crippen LogP contribution in [0.4, 0.5) is 0 Å². The molecule has 9 rings (SSSR count). The highest BCUT2D eigenvalue weighted by Crippen LogP contribution is 2.61. The Morgan fingerprint density at radius 2 is 1.71 bits per heavy atom. The van der Waals surface area contributed by atoms with Crippen molar-refractivity contribution in [1.82, 2.24) is 10.2 Å². The van der Waals surface area contributed by atoms with E-state index in [1.807, 2.05) is 12.1 Å². The molecule has 11 nitrogen and oxygen atoms in total. The molecule has 4 N–H and O–H groups in total. The maximum Gasteiger partial charge on any atom is 0.290 e. The molecule has 260 valence electrons. The molecule has 4 fully saturated rings. The zero-order chi connectivity index (χ0) is 34.0. The second-order valence-corrected chi connectivity index (χ2v) is 14.9. The predicted octanol–water partition coefficient (Wildman–Crippen LogP) is 3.92. The van der Waals surface area contributed by atoms with E-state index in [0.29, 0.717) is 63.8 Å². The summed E-state index contributed by atoms with van der Waals surface area (Å²) in [7, 11) is 3.06. The maximum absolute atomic E-state index is 14.9. The first-order valence-electron chi connectivity index (χ1n) is 17.4. The highest BCUT2D eigenvalue weighted by molar-refractivity contribution is 5.99. The number of para-hydroxylation sites is 1. The number of nitrogens with one attached hydrogen (secondary N) is 1. The molecule has 2 heterocycles. The number of hydrogen-bond donors (Lipinski definition) is 4. The molecule has 6 aliphatic rings. The Morgan fingerprint density at radius 1 is 1.00 bits per heavy atom. The van der Waals surface area contributed by atoms with Crippen LogP contribution in [-0.2, 0) is 11.4 Å². The van der Waals surface area contributed by atoms with Gasteiger partial charge in [0.2, 0.25) is 5.91 Å². The van der Waals surface area contributed by atoms with Crippen LogP contribution in [0.15, 0.2) is 52.5 Å². The summed E-state index contributed by atoms with van der Waals surface area (Å²) >= 11 is 0. The Hall–Kier alpha value is -4.06. The number of carbonyl (C=O) groups excluding carboxylic acids is 2. The van der Waals surface area contributed by atoms with Crippen LogP contribution in [-0.4, -0.2) is 84.2 Å². The normalized spacial score (nSPS) is 30.7. The third-order valence-corrected chi connectivity index (χ3v) is 11.7. The number of benzene rings is 2. The van der Waals surface area contributed by atoms with Crippen LogP contribution >= 0.6 is 0 Å². The van der Waals surface area contributed by atoms with Crippen molar-refractivity contribution in [3.8, 4) is 17.2 Å². The minimum atomic E-state index is -1.22. The highest BCUT2D eigenvalue weighted by atomic mass is 16.5. The molecule has 1 aromatic heterocycles. The lowest BCUT2D eigenvalue weighted by atomic mass is 9.49. The van der Waals surface area contributed by atoms with Crippen LogP contribution < -0.4 is 19.5 Å². The van der Waals surface area contributed by atoms with Gasteiger partial charge in [-0.15, -0.1) is 0 Å². The van der Waals surface area contributed by atoms with Gasteiger partial charge in [-0.2, -0.15) is 0 Å². The fraction of sp³-hybridized carbons (Fsp3) is 0.526. The second-order valence-electron chi connectivity index (χ2n) is 14.9. The fourth-order valence-corrected chi connectivity index (χ4v) is 10.2. The summed E-state index contributed by atoms with van der Waals surface area (Å²) in [6, 6.07) is 9.72. The minimum Gasteiger partial charge on any atom is -0.493 e.